The van der Waals surface area contributed by atoms with Gasteiger partial charge in [0.15, 0.2) is 10.8 Å². The minimum Gasteiger partial charge on any atom is -0.266 e. The van der Waals surface area contributed by atoms with Crippen LogP contribution in [-0.4, -0.2) is 14.6 Å². The molecule has 2 heterocycles. The molecule has 0 atom stereocenters. The van der Waals surface area contributed by atoms with Gasteiger partial charge < -0.3 is 0 Å². The molecule has 84 valence electrons. The average Bonchev–Trinajstić information content (AvgIpc) is 2.25. The van der Waals surface area contributed by atoms with Crippen LogP contribution in [0.3, 0.4) is 0 Å². The van der Waals surface area contributed by atoms with Gasteiger partial charge >= 0.3 is 0 Å². The lowest BCUT2D eigenvalue weighted by atomic mass is 10.2. The summed E-state index contributed by atoms with van der Waals surface area (Å²) in [5.74, 6) is 0. The van der Waals surface area contributed by atoms with E-state index in [0.29, 0.717) is 11.3 Å². The number of hydrogen-bond acceptors (Lipinski definition) is 3. The van der Waals surface area contributed by atoms with Crippen molar-refractivity contribution in [2.75, 3.05) is 0 Å². The fourth-order valence-electron chi connectivity index (χ4n) is 1.42. The van der Waals surface area contributed by atoms with Gasteiger partial charge in [-0.25, -0.2) is 4.98 Å². The normalized spacial score (nSPS) is 11.1. The quantitative estimate of drug-likeness (QED) is 0.728. The zero-order valence-electron chi connectivity index (χ0n) is 9.01. The summed E-state index contributed by atoms with van der Waals surface area (Å²) in [5.41, 5.74) is 2.24. The van der Waals surface area contributed by atoms with Gasteiger partial charge in [0.2, 0.25) is 0 Å². The highest BCUT2D eigenvalue weighted by atomic mass is 35.5. The predicted octanol–water partition coefficient (Wildman–Crippen LogP) is 2.32. The highest BCUT2D eigenvalue weighted by molar-refractivity contribution is 6.31. The van der Waals surface area contributed by atoms with Crippen LogP contribution >= 0.6 is 23.2 Å². The van der Waals surface area contributed by atoms with Gasteiger partial charge in [0.05, 0.1) is 5.69 Å². The smallest absolute Gasteiger partial charge is 0.266 e. The van der Waals surface area contributed by atoms with Crippen molar-refractivity contribution in [1.29, 1.82) is 0 Å². The summed E-state index contributed by atoms with van der Waals surface area (Å²) in [6.45, 7) is 5.37. The van der Waals surface area contributed by atoms with Crippen molar-refractivity contribution in [3.63, 3.8) is 0 Å². The molecule has 0 amide bonds. The third-order valence-electron chi connectivity index (χ3n) is 2.57. The molecule has 6 heteroatoms. The maximum Gasteiger partial charge on any atom is 0.293 e. The molecule has 2 aromatic rings. The molecule has 0 saturated carbocycles. The molecule has 2 rings (SSSR count). The summed E-state index contributed by atoms with van der Waals surface area (Å²) in [6, 6.07) is 0. The number of fused-ring (bicyclic) bond motifs is 1. The van der Waals surface area contributed by atoms with Gasteiger partial charge in [-0.15, -0.1) is 0 Å². The fourth-order valence-corrected chi connectivity index (χ4v) is 1.76. The summed E-state index contributed by atoms with van der Waals surface area (Å²) in [6.07, 6.45) is 0. The minimum absolute atomic E-state index is 0.0734. The third-order valence-corrected chi connectivity index (χ3v) is 3.36. The first kappa shape index (κ1) is 11.4. The molecule has 0 fully saturated rings. The number of aryl methyl sites for hydroxylation is 2. The molecule has 2 aromatic heterocycles. The Morgan fingerprint density at radius 1 is 1.12 bits per heavy atom. The van der Waals surface area contributed by atoms with Crippen LogP contribution in [0.2, 0.25) is 10.2 Å². The Balaban J connectivity index is 3.09. The molecule has 0 aliphatic carbocycles. The van der Waals surface area contributed by atoms with Crippen molar-refractivity contribution in [2.45, 2.75) is 20.8 Å². The van der Waals surface area contributed by atoms with E-state index in [2.05, 4.69) is 10.1 Å². The Morgan fingerprint density at radius 3 is 2.38 bits per heavy atom. The van der Waals surface area contributed by atoms with Crippen LogP contribution in [0.25, 0.3) is 5.65 Å². The van der Waals surface area contributed by atoms with Crippen LogP contribution in [0, 0.1) is 20.8 Å². The number of rotatable bonds is 0. The molecular formula is C10H9Cl2N3O. The van der Waals surface area contributed by atoms with E-state index < -0.39 is 5.56 Å². The molecular weight excluding hydrogens is 249 g/mol. The second-order valence-electron chi connectivity index (χ2n) is 3.59. The molecule has 0 saturated heterocycles. The first-order chi connectivity index (χ1) is 7.43. The standard InChI is InChI=1S/C10H9Cl2N3O/c1-4-5(2)9-13-6(3)7(11)10(16)15(9)14-8(4)12/h1-3H3. The number of hydrogen-bond donors (Lipinski definition) is 0. The van der Waals surface area contributed by atoms with Crippen molar-refractivity contribution >= 4 is 28.8 Å². The molecule has 16 heavy (non-hydrogen) atoms. The Kier molecular flexibility index (Phi) is 2.64. The maximum atomic E-state index is 11.8. The van der Waals surface area contributed by atoms with E-state index in [0.717, 1.165) is 15.6 Å². The van der Waals surface area contributed by atoms with Crippen LogP contribution in [0.5, 0.6) is 0 Å². The van der Waals surface area contributed by atoms with Crippen LogP contribution in [0.15, 0.2) is 4.79 Å². The van der Waals surface area contributed by atoms with E-state index in [1.807, 2.05) is 13.8 Å². The summed E-state index contributed by atoms with van der Waals surface area (Å²) in [7, 11) is 0. The third kappa shape index (κ3) is 1.49. The lowest BCUT2D eigenvalue weighted by molar-refractivity contribution is 0.844. The summed E-state index contributed by atoms with van der Waals surface area (Å²) >= 11 is 11.7. The minimum atomic E-state index is -0.394. The first-order valence-corrected chi connectivity index (χ1v) is 5.41. The lowest BCUT2D eigenvalue weighted by Crippen LogP contribution is -2.21. The fraction of sp³-hybridized carbons (Fsp3) is 0.300. The van der Waals surface area contributed by atoms with E-state index in [1.54, 1.807) is 6.92 Å². The van der Waals surface area contributed by atoms with Crippen molar-refractivity contribution in [2.24, 2.45) is 0 Å². The molecule has 0 N–H and O–H groups in total. The van der Waals surface area contributed by atoms with E-state index in [1.165, 1.54) is 0 Å². The molecule has 0 aromatic carbocycles. The maximum absolute atomic E-state index is 11.8. The lowest BCUT2D eigenvalue weighted by Gasteiger charge is -2.08. The molecule has 0 aliphatic rings. The zero-order chi connectivity index (χ0) is 12.0. The second kappa shape index (κ2) is 3.71. The Morgan fingerprint density at radius 2 is 1.75 bits per heavy atom. The molecule has 0 aliphatic heterocycles. The monoisotopic (exact) mass is 257 g/mol. The van der Waals surface area contributed by atoms with Gasteiger partial charge in [-0.3, -0.25) is 4.79 Å². The van der Waals surface area contributed by atoms with Gasteiger partial charge in [-0.1, -0.05) is 23.2 Å². The van der Waals surface area contributed by atoms with Crippen molar-refractivity contribution in [3.05, 3.63) is 37.4 Å². The molecule has 4 nitrogen and oxygen atoms in total. The van der Waals surface area contributed by atoms with Crippen molar-refractivity contribution in [1.82, 2.24) is 14.6 Å². The second-order valence-corrected chi connectivity index (χ2v) is 4.33. The average molecular weight is 258 g/mol. The zero-order valence-corrected chi connectivity index (χ0v) is 10.5. The molecule has 0 bridgehead atoms. The van der Waals surface area contributed by atoms with Crippen LogP contribution in [0.4, 0.5) is 0 Å². The summed E-state index contributed by atoms with van der Waals surface area (Å²) in [5, 5.41) is 4.32. The van der Waals surface area contributed by atoms with Gasteiger partial charge in [-0.05, 0) is 31.9 Å². The first-order valence-electron chi connectivity index (χ1n) is 4.65. The number of nitrogens with zero attached hydrogens (tertiary/aromatic N) is 3. The molecule has 0 spiro atoms. The highest BCUT2D eigenvalue weighted by Crippen LogP contribution is 2.19. The van der Waals surface area contributed by atoms with E-state index in [-0.39, 0.29) is 10.2 Å². The van der Waals surface area contributed by atoms with Crippen molar-refractivity contribution < 1.29 is 0 Å². The Labute approximate surface area is 102 Å². The Bertz CT molecular complexity index is 649. The number of halogens is 2. The van der Waals surface area contributed by atoms with E-state index in [4.69, 9.17) is 23.2 Å². The van der Waals surface area contributed by atoms with Gasteiger partial charge in [-0.2, -0.15) is 9.61 Å². The van der Waals surface area contributed by atoms with Gasteiger partial charge in [0, 0.05) is 0 Å². The van der Waals surface area contributed by atoms with E-state index >= 15 is 0 Å². The highest BCUT2D eigenvalue weighted by Gasteiger charge is 2.13. The predicted molar refractivity (Wildman–Crippen MR) is 63.5 cm³/mol. The van der Waals surface area contributed by atoms with Gasteiger partial charge in [0.25, 0.3) is 5.56 Å². The Hall–Kier alpha value is -1.13. The summed E-state index contributed by atoms with van der Waals surface area (Å²) in [4.78, 5) is 16.1. The molecule has 0 radical (unpaired) electrons. The van der Waals surface area contributed by atoms with Crippen LogP contribution < -0.4 is 5.56 Å². The van der Waals surface area contributed by atoms with Crippen molar-refractivity contribution in [3.8, 4) is 0 Å². The van der Waals surface area contributed by atoms with Crippen LogP contribution in [-0.2, 0) is 0 Å². The largest absolute Gasteiger partial charge is 0.293 e. The number of aromatic nitrogens is 3. The molecule has 0 unspecified atom stereocenters. The van der Waals surface area contributed by atoms with Gasteiger partial charge in [0.1, 0.15) is 5.02 Å². The topological polar surface area (TPSA) is 47.3 Å². The SMILES string of the molecule is Cc1nc2c(C)c(C)c(Cl)nn2c(=O)c1Cl. The van der Waals surface area contributed by atoms with Crippen LogP contribution in [0.1, 0.15) is 16.8 Å². The summed E-state index contributed by atoms with van der Waals surface area (Å²) < 4.78 is 1.14. The van der Waals surface area contributed by atoms with E-state index in [9.17, 15) is 4.79 Å².